The Hall–Kier alpha value is -0.0800. The van der Waals surface area contributed by atoms with Crippen LogP contribution in [-0.4, -0.2) is 19.3 Å². The largest absolute Gasteiger partial charge is 0.370 e. The SMILES string of the molecule is CC.[O]CC1CO1. The van der Waals surface area contributed by atoms with Gasteiger partial charge in [0.1, 0.15) is 12.7 Å². The summed E-state index contributed by atoms with van der Waals surface area (Å²) in [5, 5.41) is 9.57. The van der Waals surface area contributed by atoms with Gasteiger partial charge in [0.15, 0.2) is 0 Å². The Morgan fingerprint density at radius 2 is 2.14 bits per heavy atom. The highest BCUT2D eigenvalue weighted by Crippen LogP contribution is 2.05. The van der Waals surface area contributed by atoms with Gasteiger partial charge < -0.3 is 4.74 Å². The van der Waals surface area contributed by atoms with E-state index in [0.29, 0.717) is 6.61 Å². The van der Waals surface area contributed by atoms with E-state index in [1.165, 1.54) is 0 Å². The van der Waals surface area contributed by atoms with Crippen molar-refractivity contribution >= 4 is 0 Å². The van der Waals surface area contributed by atoms with Gasteiger partial charge in [0.25, 0.3) is 0 Å². The van der Waals surface area contributed by atoms with Crippen LogP contribution in [0.25, 0.3) is 0 Å². The topological polar surface area (TPSA) is 32.4 Å². The van der Waals surface area contributed by atoms with E-state index < -0.39 is 0 Å². The second kappa shape index (κ2) is 4.09. The number of rotatable bonds is 1. The maximum absolute atomic E-state index is 9.57. The fraction of sp³-hybridized carbons (Fsp3) is 1.00. The fourth-order valence-corrected chi connectivity index (χ4v) is 0.164. The van der Waals surface area contributed by atoms with Gasteiger partial charge in [-0.05, 0) is 0 Å². The molecule has 0 aromatic heterocycles. The van der Waals surface area contributed by atoms with E-state index in [2.05, 4.69) is 4.74 Å². The first-order valence-electron chi connectivity index (χ1n) is 2.63. The Bertz CT molecular complexity index is 33.1. The van der Waals surface area contributed by atoms with Crippen LogP contribution in [0.4, 0.5) is 0 Å². The maximum Gasteiger partial charge on any atom is 0.111 e. The van der Waals surface area contributed by atoms with Crippen molar-refractivity contribution in [2.24, 2.45) is 0 Å². The average Bonchev–Trinajstić information content (AvgIpc) is 2.52. The molecule has 0 bridgehead atoms. The number of hydrogen-bond donors (Lipinski definition) is 0. The first kappa shape index (κ1) is 6.92. The molecule has 1 radical (unpaired) electrons. The van der Waals surface area contributed by atoms with Crippen LogP contribution in [0.5, 0.6) is 0 Å². The molecule has 43 valence electrons. The summed E-state index contributed by atoms with van der Waals surface area (Å²) in [6, 6.07) is 0. The second-order valence-corrected chi connectivity index (χ2v) is 1.12. The molecule has 1 aliphatic rings. The molecule has 1 unspecified atom stereocenters. The van der Waals surface area contributed by atoms with Gasteiger partial charge >= 0.3 is 0 Å². The van der Waals surface area contributed by atoms with Gasteiger partial charge in [-0.2, -0.15) is 0 Å². The van der Waals surface area contributed by atoms with Gasteiger partial charge in [-0.3, -0.25) is 0 Å². The molecular weight excluding hydrogens is 92.1 g/mol. The lowest BCUT2D eigenvalue weighted by Crippen LogP contribution is -1.86. The molecule has 2 heteroatoms. The highest BCUT2D eigenvalue weighted by atomic mass is 16.6. The Labute approximate surface area is 44.1 Å². The van der Waals surface area contributed by atoms with Crippen LogP contribution in [0.1, 0.15) is 13.8 Å². The minimum atomic E-state index is -0.0556. The van der Waals surface area contributed by atoms with E-state index in [9.17, 15) is 5.11 Å². The molecule has 0 aliphatic carbocycles. The van der Waals surface area contributed by atoms with Crippen LogP contribution in [0, 0.1) is 0 Å². The van der Waals surface area contributed by atoms with Crippen LogP contribution in [0.3, 0.4) is 0 Å². The predicted molar refractivity (Wildman–Crippen MR) is 26.6 cm³/mol. The smallest absolute Gasteiger partial charge is 0.111 e. The third kappa shape index (κ3) is 3.76. The van der Waals surface area contributed by atoms with Crippen molar-refractivity contribution in [3.63, 3.8) is 0 Å². The lowest BCUT2D eigenvalue weighted by atomic mass is 10.5. The lowest BCUT2D eigenvalue weighted by molar-refractivity contribution is 0.164. The summed E-state index contributed by atoms with van der Waals surface area (Å²) in [6.07, 6.45) is 0.0787. The van der Waals surface area contributed by atoms with Gasteiger partial charge in [0, 0.05) is 0 Å². The van der Waals surface area contributed by atoms with Crippen LogP contribution < -0.4 is 0 Å². The van der Waals surface area contributed by atoms with Crippen LogP contribution >= 0.6 is 0 Å². The minimum absolute atomic E-state index is 0.0556. The van der Waals surface area contributed by atoms with Crippen molar-refractivity contribution in [2.75, 3.05) is 13.2 Å². The van der Waals surface area contributed by atoms with Gasteiger partial charge in [-0.25, -0.2) is 5.11 Å². The van der Waals surface area contributed by atoms with Gasteiger partial charge in [0.05, 0.1) is 6.61 Å². The molecule has 1 heterocycles. The second-order valence-electron chi connectivity index (χ2n) is 1.12. The molecule has 7 heavy (non-hydrogen) atoms. The van der Waals surface area contributed by atoms with Crippen molar-refractivity contribution in [3.05, 3.63) is 0 Å². The summed E-state index contributed by atoms with van der Waals surface area (Å²) in [5.74, 6) is 0. The standard InChI is InChI=1S/C3H5O2.C2H6/c4-1-3-2-5-3;1-2/h3H,1-2H2;1-2H3. The molecule has 1 saturated heterocycles. The summed E-state index contributed by atoms with van der Waals surface area (Å²) in [5.41, 5.74) is 0. The van der Waals surface area contributed by atoms with Crippen molar-refractivity contribution < 1.29 is 9.84 Å². The van der Waals surface area contributed by atoms with Crippen molar-refractivity contribution in [1.29, 1.82) is 0 Å². The Balaban J connectivity index is 0.000000162. The molecule has 0 spiro atoms. The summed E-state index contributed by atoms with van der Waals surface area (Å²) in [6.45, 7) is 4.64. The summed E-state index contributed by atoms with van der Waals surface area (Å²) < 4.78 is 4.55. The highest BCUT2D eigenvalue weighted by Gasteiger charge is 2.20. The van der Waals surface area contributed by atoms with E-state index >= 15 is 0 Å². The minimum Gasteiger partial charge on any atom is -0.370 e. The average molecular weight is 103 g/mol. The molecule has 0 saturated carbocycles. The summed E-state index contributed by atoms with van der Waals surface area (Å²) in [4.78, 5) is 0. The fourth-order valence-electron chi connectivity index (χ4n) is 0.164. The maximum atomic E-state index is 9.57. The molecule has 2 nitrogen and oxygen atoms in total. The lowest BCUT2D eigenvalue weighted by Gasteiger charge is -1.66. The molecule has 0 amide bonds. The molecular formula is C5H11O2. The molecule has 1 aliphatic heterocycles. The molecule has 1 atom stereocenters. The first-order valence-corrected chi connectivity index (χ1v) is 2.63. The van der Waals surface area contributed by atoms with E-state index in [-0.39, 0.29) is 12.7 Å². The van der Waals surface area contributed by atoms with E-state index in [1.807, 2.05) is 13.8 Å². The zero-order valence-electron chi connectivity index (χ0n) is 4.81. The highest BCUT2D eigenvalue weighted by molar-refractivity contribution is 4.64. The van der Waals surface area contributed by atoms with E-state index in [4.69, 9.17) is 0 Å². The third-order valence-corrected chi connectivity index (χ3v) is 0.588. The number of ether oxygens (including phenoxy) is 1. The number of hydrogen-bond acceptors (Lipinski definition) is 1. The first-order chi connectivity index (χ1) is 3.43. The molecule has 0 aromatic carbocycles. The van der Waals surface area contributed by atoms with Crippen LogP contribution in [0.2, 0.25) is 0 Å². The van der Waals surface area contributed by atoms with Crippen molar-refractivity contribution in [3.8, 4) is 0 Å². The molecule has 0 aromatic rings. The van der Waals surface area contributed by atoms with E-state index in [1.54, 1.807) is 0 Å². The van der Waals surface area contributed by atoms with Gasteiger partial charge in [0.2, 0.25) is 0 Å². The number of epoxide rings is 1. The van der Waals surface area contributed by atoms with Gasteiger partial charge in [-0.15, -0.1) is 0 Å². The normalized spacial score (nSPS) is 25.3. The van der Waals surface area contributed by atoms with Crippen molar-refractivity contribution in [2.45, 2.75) is 20.0 Å². The Morgan fingerprint density at radius 3 is 2.14 bits per heavy atom. The zero-order chi connectivity index (χ0) is 5.70. The molecule has 0 N–H and O–H groups in total. The monoisotopic (exact) mass is 103 g/mol. The summed E-state index contributed by atoms with van der Waals surface area (Å²) >= 11 is 0. The Kier molecular flexibility index (Phi) is 4.04. The van der Waals surface area contributed by atoms with Crippen LogP contribution in [0.15, 0.2) is 0 Å². The quantitative estimate of drug-likeness (QED) is 0.452. The molecule has 1 fully saturated rings. The van der Waals surface area contributed by atoms with Gasteiger partial charge in [-0.1, -0.05) is 13.8 Å². The predicted octanol–water partition coefficient (Wildman–Crippen LogP) is 0.842. The Morgan fingerprint density at radius 1 is 1.71 bits per heavy atom. The summed E-state index contributed by atoms with van der Waals surface area (Å²) in [7, 11) is 0. The van der Waals surface area contributed by atoms with Crippen molar-refractivity contribution in [1.82, 2.24) is 0 Å². The third-order valence-electron chi connectivity index (χ3n) is 0.588. The van der Waals surface area contributed by atoms with Crippen LogP contribution in [-0.2, 0) is 9.84 Å². The zero-order valence-corrected chi connectivity index (χ0v) is 4.81. The van der Waals surface area contributed by atoms with E-state index in [0.717, 1.165) is 0 Å². The molecule has 1 rings (SSSR count).